The molecule has 2 aromatic rings. The van der Waals surface area contributed by atoms with Crippen LogP contribution in [0.2, 0.25) is 0 Å². The van der Waals surface area contributed by atoms with Crippen LogP contribution in [-0.2, 0) is 16.0 Å². The number of imidazole rings is 1. The number of hydrogen-bond donors (Lipinski definition) is 0. The number of morpholine rings is 1. The molecule has 0 amide bonds. The van der Waals surface area contributed by atoms with Crippen LogP contribution in [0, 0.1) is 6.92 Å². The zero-order valence-corrected chi connectivity index (χ0v) is 13.5. The maximum absolute atomic E-state index is 12.0. The molecule has 0 saturated carbocycles. The number of aryl methyl sites for hydroxylation is 1. The summed E-state index contributed by atoms with van der Waals surface area (Å²) in [5, 5.41) is 0. The van der Waals surface area contributed by atoms with Crippen LogP contribution in [0.5, 0.6) is 0 Å². The average Bonchev–Trinajstić information content (AvgIpc) is 2.99. The van der Waals surface area contributed by atoms with Crippen LogP contribution in [0.25, 0.3) is 0 Å². The number of hydrogen-bond acceptors (Lipinski definition) is 5. The zero-order chi connectivity index (χ0) is 16.2. The second-order valence-electron chi connectivity index (χ2n) is 5.58. The first kappa shape index (κ1) is 15.6. The largest absolute Gasteiger partial charge is 0.465 e. The summed E-state index contributed by atoms with van der Waals surface area (Å²) in [5.74, 6) is 0.630. The standard InChI is InChI=1S/C17H21N3O3/c1-13-18-3-4-20(13)12-14-9-15(17(21)22-2)11-16(10-14)19-5-7-23-8-6-19/h3-4,9-11H,5-8,12H2,1-2H3. The van der Waals surface area contributed by atoms with Gasteiger partial charge in [0.25, 0.3) is 0 Å². The SMILES string of the molecule is COC(=O)c1cc(Cn2ccnc2C)cc(N2CCOCC2)c1. The van der Waals surface area contributed by atoms with Gasteiger partial charge in [-0.1, -0.05) is 0 Å². The summed E-state index contributed by atoms with van der Waals surface area (Å²) >= 11 is 0. The van der Waals surface area contributed by atoms with E-state index in [-0.39, 0.29) is 5.97 Å². The number of carbonyl (C=O) groups excluding carboxylic acids is 1. The first-order valence-electron chi connectivity index (χ1n) is 7.70. The third kappa shape index (κ3) is 3.53. The summed E-state index contributed by atoms with van der Waals surface area (Å²) in [7, 11) is 1.41. The first-order chi connectivity index (χ1) is 11.2. The molecule has 0 spiro atoms. The Kier molecular flexibility index (Phi) is 4.62. The van der Waals surface area contributed by atoms with Crippen LogP contribution >= 0.6 is 0 Å². The summed E-state index contributed by atoms with van der Waals surface area (Å²) < 4.78 is 12.4. The number of rotatable bonds is 4. The first-order valence-corrected chi connectivity index (χ1v) is 7.70. The van der Waals surface area contributed by atoms with Gasteiger partial charge in [0.2, 0.25) is 0 Å². The molecule has 1 aromatic carbocycles. The lowest BCUT2D eigenvalue weighted by atomic mass is 10.1. The number of carbonyl (C=O) groups is 1. The Labute approximate surface area is 135 Å². The summed E-state index contributed by atoms with van der Waals surface area (Å²) in [6, 6.07) is 5.90. The van der Waals surface area contributed by atoms with E-state index in [1.165, 1.54) is 7.11 Å². The van der Waals surface area contributed by atoms with Crippen LogP contribution in [0.1, 0.15) is 21.7 Å². The van der Waals surface area contributed by atoms with E-state index in [1.54, 1.807) is 6.20 Å². The van der Waals surface area contributed by atoms with Crippen molar-refractivity contribution in [2.24, 2.45) is 0 Å². The van der Waals surface area contributed by atoms with E-state index >= 15 is 0 Å². The Morgan fingerprint density at radius 2 is 2.09 bits per heavy atom. The fourth-order valence-corrected chi connectivity index (χ4v) is 2.77. The van der Waals surface area contributed by atoms with Crippen molar-refractivity contribution in [1.29, 1.82) is 0 Å². The van der Waals surface area contributed by atoms with Gasteiger partial charge in [-0.3, -0.25) is 0 Å². The molecule has 0 N–H and O–H groups in total. The highest BCUT2D eigenvalue weighted by atomic mass is 16.5. The van der Waals surface area contributed by atoms with E-state index in [0.29, 0.717) is 25.3 Å². The third-order valence-corrected chi connectivity index (χ3v) is 4.05. The molecule has 3 rings (SSSR count). The summed E-state index contributed by atoms with van der Waals surface area (Å²) in [6.07, 6.45) is 3.72. The molecule has 1 aromatic heterocycles. The molecular formula is C17H21N3O3. The van der Waals surface area contributed by atoms with Crippen molar-refractivity contribution in [3.63, 3.8) is 0 Å². The minimum atomic E-state index is -0.316. The normalized spacial score (nSPS) is 14.8. The van der Waals surface area contributed by atoms with Crippen molar-refractivity contribution in [3.8, 4) is 0 Å². The lowest BCUT2D eigenvalue weighted by molar-refractivity contribution is 0.0600. The molecule has 1 aliphatic rings. The van der Waals surface area contributed by atoms with Crippen LogP contribution in [0.4, 0.5) is 5.69 Å². The van der Waals surface area contributed by atoms with Crippen molar-refractivity contribution in [3.05, 3.63) is 47.5 Å². The van der Waals surface area contributed by atoms with E-state index in [9.17, 15) is 4.79 Å². The molecule has 0 atom stereocenters. The Hall–Kier alpha value is -2.34. The third-order valence-electron chi connectivity index (χ3n) is 4.05. The maximum atomic E-state index is 12.0. The number of ether oxygens (including phenoxy) is 2. The predicted octanol–water partition coefficient (Wildman–Crippen LogP) is 1.86. The quantitative estimate of drug-likeness (QED) is 0.806. The number of methoxy groups -OCH3 is 1. The molecule has 122 valence electrons. The van der Waals surface area contributed by atoms with Crippen LogP contribution in [0.15, 0.2) is 30.6 Å². The topological polar surface area (TPSA) is 56.6 Å². The van der Waals surface area contributed by atoms with Crippen molar-refractivity contribution >= 4 is 11.7 Å². The predicted molar refractivity (Wildman–Crippen MR) is 86.9 cm³/mol. The van der Waals surface area contributed by atoms with Gasteiger partial charge in [0.15, 0.2) is 0 Å². The Balaban J connectivity index is 1.93. The molecule has 0 aliphatic carbocycles. The van der Waals surface area contributed by atoms with Gasteiger partial charge >= 0.3 is 5.97 Å². The lowest BCUT2D eigenvalue weighted by Gasteiger charge is -2.29. The van der Waals surface area contributed by atoms with Gasteiger partial charge in [-0.25, -0.2) is 9.78 Å². The van der Waals surface area contributed by atoms with Gasteiger partial charge in [-0.2, -0.15) is 0 Å². The van der Waals surface area contributed by atoms with Crippen molar-refractivity contribution in [1.82, 2.24) is 9.55 Å². The molecule has 6 heteroatoms. The van der Waals surface area contributed by atoms with E-state index in [4.69, 9.17) is 9.47 Å². The molecule has 2 heterocycles. The Morgan fingerprint density at radius 1 is 1.30 bits per heavy atom. The molecule has 23 heavy (non-hydrogen) atoms. The highest BCUT2D eigenvalue weighted by Gasteiger charge is 2.16. The second kappa shape index (κ2) is 6.83. The lowest BCUT2D eigenvalue weighted by Crippen LogP contribution is -2.36. The molecular weight excluding hydrogens is 294 g/mol. The fraction of sp³-hybridized carbons (Fsp3) is 0.412. The molecule has 1 aliphatic heterocycles. The van der Waals surface area contributed by atoms with Gasteiger partial charge < -0.3 is 18.9 Å². The van der Waals surface area contributed by atoms with E-state index in [1.807, 2.05) is 25.3 Å². The minimum Gasteiger partial charge on any atom is -0.465 e. The maximum Gasteiger partial charge on any atom is 0.337 e. The molecule has 6 nitrogen and oxygen atoms in total. The fourth-order valence-electron chi connectivity index (χ4n) is 2.77. The second-order valence-corrected chi connectivity index (χ2v) is 5.58. The van der Waals surface area contributed by atoms with Crippen LogP contribution in [-0.4, -0.2) is 48.9 Å². The van der Waals surface area contributed by atoms with Gasteiger partial charge in [0, 0.05) is 37.7 Å². The van der Waals surface area contributed by atoms with Gasteiger partial charge in [-0.15, -0.1) is 0 Å². The summed E-state index contributed by atoms with van der Waals surface area (Å²) in [5.41, 5.74) is 2.66. The van der Waals surface area contributed by atoms with Crippen molar-refractivity contribution in [2.75, 3.05) is 38.3 Å². The molecule has 1 saturated heterocycles. The summed E-state index contributed by atoms with van der Waals surface area (Å²) in [6.45, 7) is 5.71. The minimum absolute atomic E-state index is 0.316. The smallest absolute Gasteiger partial charge is 0.337 e. The molecule has 0 unspecified atom stereocenters. The highest BCUT2D eigenvalue weighted by Crippen LogP contribution is 2.22. The van der Waals surface area contributed by atoms with Gasteiger partial charge in [-0.05, 0) is 30.7 Å². The number of aromatic nitrogens is 2. The highest BCUT2D eigenvalue weighted by molar-refractivity contribution is 5.90. The van der Waals surface area contributed by atoms with E-state index in [2.05, 4.69) is 20.5 Å². The summed E-state index contributed by atoms with van der Waals surface area (Å²) in [4.78, 5) is 18.5. The molecule has 0 radical (unpaired) electrons. The number of benzene rings is 1. The van der Waals surface area contributed by atoms with Gasteiger partial charge in [0.05, 0.1) is 25.9 Å². The van der Waals surface area contributed by atoms with Crippen molar-refractivity contribution in [2.45, 2.75) is 13.5 Å². The Morgan fingerprint density at radius 3 is 2.74 bits per heavy atom. The van der Waals surface area contributed by atoms with E-state index in [0.717, 1.165) is 30.2 Å². The van der Waals surface area contributed by atoms with Gasteiger partial charge in [0.1, 0.15) is 5.82 Å². The van der Waals surface area contributed by atoms with Crippen LogP contribution < -0.4 is 4.90 Å². The monoisotopic (exact) mass is 315 g/mol. The number of esters is 1. The molecule has 1 fully saturated rings. The van der Waals surface area contributed by atoms with Crippen LogP contribution in [0.3, 0.4) is 0 Å². The number of nitrogens with zero attached hydrogens (tertiary/aromatic N) is 3. The Bertz CT molecular complexity index is 690. The van der Waals surface area contributed by atoms with E-state index < -0.39 is 0 Å². The molecule has 0 bridgehead atoms. The zero-order valence-electron chi connectivity index (χ0n) is 13.5. The van der Waals surface area contributed by atoms with Crippen molar-refractivity contribution < 1.29 is 14.3 Å². The number of anilines is 1. The average molecular weight is 315 g/mol.